The molecule has 0 spiro atoms. The Morgan fingerprint density at radius 2 is 2.11 bits per heavy atom. The second kappa shape index (κ2) is 4.56. The number of fused-ring (bicyclic) bond motifs is 1. The Morgan fingerprint density at radius 3 is 2.89 bits per heavy atom. The first-order chi connectivity index (χ1) is 8.90. The zero-order valence-electron chi connectivity index (χ0n) is 9.58. The highest BCUT2D eigenvalue weighted by Crippen LogP contribution is 2.28. The molecule has 0 aliphatic carbocycles. The van der Waals surface area contributed by atoms with Crippen LogP contribution < -0.4 is 11.3 Å². The molecule has 0 saturated carbocycles. The average Bonchev–Trinajstić information content (AvgIpc) is 2.85. The maximum absolute atomic E-state index is 5.63. The molecule has 0 aliphatic rings. The molecule has 0 radical (unpaired) electrons. The number of benzene rings is 1. The van der Waals surface area contributed by atoms with Gasteiger partial charge in [0.05, 0.1) is 24.2 Å². The third-order valence-electron chi connectivity index (χ3n) is 2.87. The fourth-order valence-electron chi connectivity index (χ4n) is 2.02. The number of furan rings is 1. The minimum Gasteiger partial charge on any atom is -0.464 e. The molecule has 5 nitrogen and oxygen atoms in total. The minimum atomic E-state index is -0.234. The van der Waals surface area contributed by atoms with Crippen molar-refractivity contribution in [3.8, 4) is 0 Å². The van der Waals surface area contributed by atoms with Gasteiger partial charge in [-0.3, -0.25) is 15.8 Å². The van der Waals surface area contributed by atoms with Crippen LogP contribution in [0.5, 0.6) is 0 Å². The summed E-state index contributed by atoms with van der Waals surface area (Å²) in [6.45, 7) is 0. The minimum absolute atomic E-state index is 0.234. The smallest absolute Gasteiger partial charge is 0.134 e. The lowest BCUT2D eigenvalue weighted by molar-refractivity contribution is 0.579. The topological polar surface area (TPSA) is 77.0 Å². The van der Waals surface area contributed by atoms with Gasteiger partial charge in [0, 0.05) is 23.3 Å². The number of hydrogen-bond donors (Lipinski definition) is 2. The van der Waals surface area contributed by atoms with E-state index in [-0.39, 0.29) is 6.04 Å². The summed E-state index contributed by atoms with van der Waals surface area (Å²) in [6, 6.07) is 7.58. The predicted molar refractivity (Wildman–Crippen MR) is 67.4 cm³/mol. The van der Waals surface area contributed by atoms with Gasteiger partial charge in [0.25, 0.3) is 0 Å². The first-order valence-corrected chi connectivity index (χ1v) is 5.58. The van der Waals surface area contributed by atoms with Crippen molar-refractivity contribution in [1.82, 2.24) is 15.4 Å². The largest absolute Gasteiger partial charge is 0.464 e. The molecule has 3 rings (SSSR count). The van der Waals surface area contributed by atoms with Crippen LogP contribution >= 0.6 is 0 Å². The summed E-state index contributed by atoms with van der Waals surface area (Å²) in [5.74, 6) is 5.63. The number of nitrogens with zero attached hydrogens (tertiary/aromatic N) is 2. The normalized spacial score (nSPS) is 12.7. The van der Waals surface area contributed by atoms with Crippen molar-refractivity contribution in [3.05, 3.63) is 60.4 Å². The van der Waals surface area contributed by atoms with Gasteiger partial charge in [-0.2, -0.15) is 0 Å². The van der Waals surface area contributed by atoms with Gasteiger partial charge >= 0.3 is 0 Å². The number of nitrogens with two attached hydrogens (primary N) is 1. The van der Waals surface area contributed by atoms with Crippen molar-refractivity contribution < 1.29 is 4.42 Å². The summed E-state index contributed by atoms with van der Waals surface area (Å²) in [4.78, 5) is 8.32. The summed E-state index contributed by atoms with van der Waals surface area (Å²) in [6.07, 6.45) is 6.66. The second-order valence-corrected chi connectivity index (χ2v) is 3.92. The van der Waals surface area contributed by atoms with E-state index in [2.05, 4.69) is 15.4 Å². The van der Waals surface area contributed by atoms with Crippen LogP contribution in [-0.2, 0) is 0 Å². The van der Waals surface area contributed by atoms with Crippen molar-refractivity contribution in [1.29, 1.82) is 0 Å². The third-order valence-corrected chi connectivity index (χ3v) is 2.87. The van der Waals surface area contributed by atoms with E-state index < -0.39 is 0 Å². The summed E-state index contributed by atoms with van der Waals surface area (Å²) in [5, 5.41) is 1.02. The molecule has 1 atom stereocenters. The van der Waals surface area contributed by atoms with Crippen LogP contribution in [0.15, 0.2) is 53.5 Å². The molecule has 90 valence electrons. The van der Waals surface area contributed by atoms with E-state index in [9.17, 15) is 0 Å². The highest BCUT2D eigenvalue weighted by molar-refractivity contribution is 5.81. The maximum atomic E-state index is 5.63. The molecule has 0 saturated heterocycles. The lowest BCUT2D eigenvalue weighted by Crippen LogP contribution is -2.29. The van der Waals surface area contributed by atoms with Gasteiger partial charge in [-0.15, -0.1) is 0 Å². The molecule has 0 amide bonds. The fourth-order valence-corrected chi connectivity index (χ4v) is 2.02. The summed E-state index contributed by atoms with van der Waals surface area (Å²) >= 11 is 0. The van der Waals surface area contributed by atoms with Crippen molar-refractivity contribution in [2.75, 3.05) is 0 Å². The van der Waals surface area contributed by atoms with Crippen molar-refractivity contribution in [2.24, 2.45) is 5.84 Å². The molecule has 3 N–H and O–H groups in total. The van der Waals surface area contributed by atoms with Crippen LogP contribution in [0.25, 0.3) is 11.0 Å². The van der Waals surface area contributed by atoms with Gasteiger partial charge in [0.2, 0.25) is 0 Å². The maximum Gasteiger partial charge on any atom is 0.134 e. The Hall–Kier alpha value is -2.24. The number of para-hydroxylation sites is 1. The van der Waals surface area contributed by atoms with Crippen LogP contribution in [0.3, 0.4) is 0 Å². The summed E-state index contributed by atoms with van der Waals surface area (Å²) in [7, 11) is 0. The van der Waals surface area contributed by atoms with Crippen LogP contribution in [0, 0.1) is 0 Å². The molecular weight excluding hydrogens is 228 g/mol. The third kappa shape index (κ3) is 1.75. The molecule has 1 aromatic carbocycles. The number of hydrazine groups is 1. The number of aromatic nitrogens is 2. The Morgan fingerprint density at radius 1 is 1.22 bits per heavy atom. The van der Waals surface area contributed by atoms with E-state index in [4.69, 9.17) is 10.3 Å². The summed E-state index contributed by atoms with van der Waals surface area (Å²) < 4.78 is 5.51. The molecule has 0 fully saturated rings. The van der Waals surface area contributed by atoms with Crippen LogP contribution in [0.4, 0.5) is 0 Å². The van der Waals surface area contributed by atoms with Gasteiger partial charge in [0.1, 0.15) is 5.58 Å². The van der Waals surface area contributed by atoms with Gasteiger partial charge in [-0.05, 0) is 6.07 Å². The van der Waals surface area contributed by atoms with Gasteiger partial charge in [-0.25, -0.2) is 5.43 Å². The van der Waals surface area contributed by atoms with Gasteiger partial charge in [-0.1, -0.05) is 18.2 Å². The molecule has 2 aromatic heterocycles. The Balaban J connectivity index is 2.12. The molecule has 1 unspecified atom stereocenters. The molecular formula is C13H12N4O. The average molecular weight is 240 g/mol. The zero-order valence-corrected chi connectivity index (χ0v) is 9.58. The van der Waals surface area contributed by atoms with Gasteiger partial charge < -0.3 is 4.42 Å². The number of rotatable bonds is 3. The van der Waals surface area contributed by atoms with E-state index in [1.165, 1.54) is 0 Å². The second-order valence-electron chi connectivity index (χ2n) is 3.92. The van der Waals surface area contributed by atoms with Crippen LogP contribution in [0.1, 0.15) is 17.3 Å². The van der Waals surface area contributed by atoms with E-state index in [0.717, 1.165) is 22.2 Å². The molecule has 0 aliphatic heterocycles. The van der Waals surface area contributed by atoms with Crippen molar-refractivity contribution in [2.45, 2.75) is 6.04 Å². The fraction of sp³-hybridized carbons (Fsp3) is 0.0769. The van der Waals surface area contributed by atoms with Crippen molar-refractivity contribution in [3.63, 3.8) is 0 Å². The highest BCUT2D eigenvalue weighted by atomic mass is 16.3. The molecule has 3 aromatic rings. The van der Waals surface area contributed by atoms with Gasteiger partial charge in [0.15, 0.2) is 0 Å². The van der Waals surface area contributed by atoms with E-state index in [1.54, 1.807) is 24.9 Å². The highest BCUT2D eigenvalue weighted by Gasteiger charge is 2.18. The first-order valence-electron chi connectivity index (χ1n) is 5.58. The molecule has 18 heavy (non-hydrogen) atoms. The SMILES string of the molecule is NNC(c1cnccn1)c1coc2ccccc12. The monoisotopic (exact) mass is 240 g/mol. The molecule has 5 heteroatoms. The predicted octanol–water partition coefficient (Wildman–Crippen LogP) is 1.78. The van der Waals surface area contributed by atoms with E-state index in [0.29, 0.717) is 0 Å². The Bertz CT molecular complexity index is 650. The molecule has 2 heterocycles. The quantitative estimate of drug-likeness (QED) is 0.539. The lowest BCUT2D eigenvalue weighted by Gasteiger charge is -2.13. The first kappa shape index (κ1) is 10.9. The zero-order chi connectivity index (χ0) is 12.4. The van der Waals surface area contributed by atoms with E-state index >= 15 is 0 Å². The Kier molecular flexibility index (Phi) is 2.76. The van der Waals surface area contributed by atoms with Crippen molar-refractivity contribution >= 4 is 11.0 Å². The van der Waals surface area contributed by atoms with E-state index in [1.807, 2.05) is 24.3 Å². The standard InChI is InChI=1S/C13H12N4O/c14-17-13(11-7-15-5-6-16-11)10-8-18-12-4-2-1-3-9(10)12/h1-8,13,17H,14H2. The number of nitrogens with one attached hydrogen (secondary N) is 1. The summed E-state index contributed by atoms with van der Waals surface area (Å²) in [5.41, 5.74) is 5.29. The molecule has 0 bridgehead atoms. The Labute approximate surface area is 104 Å². The number of hydrogen-bond acceptors (Lipinski definition) is 5. The van der Waals surface area contributed by atoms with Crippen LogP contribution in [-0.4, -0.2) is 9.97 Å². The van der Waals surface area contributed by atoms with Crippen LogP contribution in [0.2, 0.25) is 0 Å². The lowest BCUT2D eigenvalue weighted by atomic mass is 10.0.